The number of aryl methyl sites for hydroxylation is 1. The predicted molar refractivity (Wildman–Crippen MR) is 105 cm³/mol. The molecule has 0 aliphatic rings. The first-order valence-electron chi connectivity index (χ1n) is 8.47. The Labute approximate surface area is 158 Å². The number of rotatable bonds is 6. The number of methoxy groups -OCH3 is 2. The van der Waals surface area contributed by atoms with Crippen molar-refractivity contribution in [3.05, 3.63) is 77.9 Å². The molecule has 5 nitrogen and oxygen atoms in total. The van der Waals surface area contributed by atoms with E-state index < -0.39 is 0 Å². The summed E-state index contributed by atoms with van der Waals surface area (Å²) >= 11 is 0. The van der Waals surface area contributed by atoms with Crippen molar-refractivity contribution in [3.63, 3.8) is 0 Å². The van der Waals surface area contributed by atoms with Gasteiger partial charge in [0.2, 0.25) is 0 Å². The van der Waals surface area contributed by atoms with Crippen LogP contribution in [0.5, 0.6) is 23.0 Å². The van der Waals surface area contributed by atoms with E-state index in [4.69, 9.17) is 14.2 Å². The lowest BCUT2D eigenvalue weighted by Crippen LogP contribution is -2.13. The summed E-state index contributed by atoms with van der Waals surface area (Å²) in [5, 5.41) is 2.91. The van der Waals surface area contributed by atoms with E-state index in [2.05, 4.69) is 5.32 Å². The van der Waals surface area contributed by atoms with Crippen molar-refractivity contribution in [1.29, 1.82) is 0 Å². The van der Waals surface area contributed by atoms with Crippen molar-refractivity contribution < 1.29 is 19.0 Å². The predicted octanol–water partition coefficient (Wildman–Crippen LogP) is 5.06. The minimum Gasteiger partial charge on any atom is -0.493 e. The average Bonchev–Trinajstić information content (AvgIpc) is 2.70. The molecule has 0 fully saturated rings. The van der Waals surface area contributed by atoms with Gasteiger partial charge in [0.1, 0.15) is 11.5 Å². The summed E-state index contributed by atoms with van der Waals surface area (Å²) in [7, 11) is 3.14. The van der Waals surface area contributed by atoms with Gasteiger partial charge in [0, 0.05) is 17.3 Å². The molecule has 5 heteroatoms. The third-order valence-corrected chi connectivity index (χ3v) is 4.05. The smallest absolute Gasteiger partial charge is 0.255 e. The fourth-order valence-electron chi connectivity index (χ4n) is 2.64. The molecule has 0 aliphatic heterocycles. The maximum absolute atomic E-state index is 12.7. The number of benzene rings is 3. The SMILES string of the molecule is COc1cc(C)c(NC(=O)c2cccc(Oc3ccccc3)c2)cc1OC. The second-order valence-corrected chi connectivity index (χ2v) is 5.92. The monoisotopic (exact) mass is 363 g/mol. The van der Waals surface area contributed by atoms with Crippen LogP contribution in [0.2, 0.25) is 0 Å². The largest absolute Gasteiger partial charge is 0.493 e. The van der Waals surface area contributed by atoms with Gasteiger partial charge < -0.3 is 19.5 Å². The summed E-state index contributed by atoms with van der Waals surface area (Å²) in [5.41, 5.74) is 2.03. The second-order valence-electron chi connectivity index (χ2n) is 5.92. The Morgan fingerprint density at radius 3 is 2.19 bits per heavy atom. The number of carbonyl (C=O) groups is 1. The lowest BCUT2D eigenvalue weighted by Gasteiger charge is -2.14. The normalized spacial score (nSPS) is 10.2. The molecule has 3 rings (SSSR count). The van der Waals surface area contributed by atoms with Gasteiger partial charge in [0.05, 0.1) is 14.2 Å². The molecule has 0 unspecified atom stereocenters. The molecule has 0 aliphatic carbocycles. The van der Waals surface area contributed by atoms with Crippen LogP contribution in [0.3, 0.4) is 0 Å². The van der Waals surface area contributed by atoms with Gasteiger partial charge >= 0.3 is 0 Å². The van der Waals surface area contributed by atoms with Gasteiger partial charge in [-0.3, -0.25) is 4.79 Å². The maximum Gasteiger partial charge on any atom is 0.255 e. The highest BCUT2D eigenvalue weighted by atomic mass is 16.5. The zero-order valence-electron chi connectivity index (χ0n) is 15.5. The third-order valence-electron chi connectivity index (χ3n) is 4.05. The van der Waals surface area contributed by atoms with Crippen molar-refractivity contribution in [3.8, 4) is 23.0 Å². The lowest BCUT2D eigenvalue weighted by atomic mass is 10.1. The molecule has 3 aromatic carbocycles. The fourth-order valence-corrected chi connectivity index (χ4v) is 2.64. The summed E-state index contributed by atoms with van der Waals surface area (Å²) in [6, 6.07) is 20.0. The number of amides is 1. The van der Waals surface area contributed by atoms with E-state index in [1.807, 2.05) is 49.4 Å². The van der Waals surface area contributed by atoms with E-state index in [0.29, 0.717) is 34.2 Å². The number of anilines is 1. The summed E-state index contributed by atoms with van der Waals surface area (Å²) in [4.78, 5) is 12.7. The van der Waals surface area contributed by atoms with E-state index in [-0.39, 0.29) is 5.91 Å². The standard InChI is InChI=1S/C22H21NO4/c1-15-12-20(25-2)21(26-3)14-19(15)23-22(24)16-8-7-11-18(13-16)27-17-9-5-4-6-10-17/h4-14H,1-3H3,(H,23,24). The number of hydrogen-bond donors (Lipinski definition) is 1. The van der Waals surface area contributed by atoms with Gasteiger partial charge in [0.25, 0.3) is 5.91 Å². The molecule has 0 atom stereocenters. The van der Waals surface area contributed by atoms with Crippen molar-refractivity contribution in [2.24, 2.45) is 0 Å². The zero-order chi connectivity index (χ0) is 19.2. The van der Waals surface area contributed by atoms with Crippen LogP contribution in [0.15, 0.2) is 66.7 Å². The van der Waals surface area contributed by atoms with E-state index >= 15 is 0 Å². The highest BCUT2D eigenvalue weighted by Gasteiger charge is 2.13. The zero-order valence-corrected chi connectivity index (χ0v) is 15.5. The molecule has 3 aromatic rings. The van der Waals surface area contributed by atoms with E-state index in [0.717, 1.165) is 5.56 Å². The Morgan fingerprint density at radius 2 is 1.48 bits per heavy atom. The molecule has 0 saturated carbocycles. The van der Waals surface area contributed by atoms with Crippen LogP contribution in [0.4, 0.5) is 5.69 Å². The Balaban J connectivity index is 1.80. The first-order valence-corrected chi connectivity index (χ1v) is 8.47. The molecule has 138 valence electrons. The summed E-state index contributed by atoms with van der Waals surface area (Å²) in [6.45, 7) is 1.90. The van der Waals surface area contributed by atoms with Gasteiger partial charge in [-0.15, -0.1) is 0 Å². The molecule has 1 N–H and O–H groups in total. The maximum atomic E-state index is 12.7. The van der Waals surface area contributed by atoms with E-state index in [1.165, 1.54) is 0 Å². The molecule has 0 heterocycles. The van der Waals surface area contributed by atoms with Crippen LogP contribution in [-0.2, 0) is 0 Å². The van der Waals surface area contributed by atoms with Crippen LogP contribution in [0.25, 0.3) is 0 Å². The molecule has 0 bridgehead atoms. The molecule has 0 aromatic heterocycles. The van der Waals surface area contributed by atoms with Crippen LogP contribution < -0.4 is 19.5 Å². The van der Waals surface area contributed by atoms with Gasteiger partial charge in [-0.2, -0.15) is 0 Å². The van der Waals surface area contributed by atoms with Crippen LogP contribution in [0.1, 0.15) is 15.9 Å². The van der Waals surface area contributed by atoms with Crippen molar-refractivity contribution in [2.75, 3.05) is 19.5 Å². The molecule has 0 spiro atoms. The summed E-state index contributed by atoms with van der Waals surface area (Å²) < 4.78 is 16.4. The van der Waals surface area contributed by atoms with E-state index in [9.17, 15) is 4.79 Å². The number of nitrogens with one attached hydrogen (secondary N) is 1. The van der Waals surface area contributed by atoms with Crippen molar-refractivity contribution >= 4 is 11.6 Å². The second kappa shape index (κ2) is 8.27. The Hall–Kier alpha value is -3.47. The molecule has 0 saturated heterocycles. The van der Waals surface area contributed by atoms with Gasteiger partial charge in [-0.25, -0.2) is 0 Å². The highest BCUT2D eigenvalue weighted by molar-refractivity contribution is 6.05. The number of para-hydroxylation sites is 1. The first-order chi connectivity index (χ1) is 13.1. The fraction of sp³-hybridized carbons (Fsp3) is 0.136. The van der Waals surface area contributed by atoms with Crippen LogP contribution in [0, 0.1) is 6.92 Å². The van der Waals surface area contributed by atoms with Crippen LogP contribution >= 0.6 is 0 Å². The minimum atomic E-state index is -0.233. The number of hydrogen-bond acceptors (Lipinski definition) is 4. The van der Waals surface area contributed by atoms with Crippen LogP contribution in [-0.4, -0.2) is 20.1 Å². The highest BCUT2D eigenvalue weighted by Crippen LogP contribution is 2.33. The van der Waals surface area contributed by atoms with Gasteiger partial charge in [-0.05, 0) is 48.9 Å². The molecular formula is C22H21NO4. The molecule has 1 amide bonds. The lowest BCUT2D eigenvalue weighted by molar-refractivity contribution is 0.102. The quantitative estimate of drug-likeness (QED) is 0.665. The molecule has 27 heavy (non-hydrogen) atoms. The van der Waals surface area contributed by atoms with E-state index in [1.54, 1.807) is 38.5 Å². The third kappa shape index (κ3) is 4.39. The topological polar surface area (TPSA) is 56.8 Å². The molecule has 0 radical (unpaired) electrons. The first kappa shape index (κ1) is 18.3. The summed E-state index contributed by atoms with van der Waals surface area (Å²) in [5.74, 6) is 2.25. The number of ether oxygens (including phenoxy) is 3. The summed E-state index contributed by atoms with van der Waals surface area (Å²) in [6.07, 6.45) is 0. The Morgan fingerprint density at radius 1 is 0.815 bits per heavy atom. The Bertz CT molecular complexity index is 938. The van der Waals surface area contributed by atoms with Gasteiger partial charge in [-0.1, -0.05) is 24.3 Å². The van der Waals surface area contributed by atoms with Gasteiger partial charge in [0.15, 0.2) is 11.5 Å². The Kier molecular flexibility index (Phi) is 5.61. The molecular weight excluding hydrogens is 342 g/mol. The average molecular weight is 363 g/mol. The minimum absolute atomic E-state index is 0.233. The number of carbonyl (C=O) groups excluding carboxylic acids is 1. The van der Waals surface area contributed by atoms with Crippen molar-refractivity contribution in [1.82, 2.24) is 0 Å². The van der Waals surface area contributed by atoms with Crippen molar-refractivity contribution in [2.45, 2.75) is 6.92 Å².